The van der Waals surface area contributed by atoms with Gasteiger partial charge in [0.25, 0.3) is 0 Å². The molecule has 0 aromatic heterocycles. The molecule has 0 fully saturated rings. The summed E-state index contributed by atoms with van der Waals surface area (Å²) in [6.45, 7) is 13.3. The van der Waals surface area contributed by atoms with E-state index in [1.807, 2.05) is 31.2 Å². The maximum atomic E-state index is 3.88. The van der Waals surface area contributed by atoms with Crippen molar-refractivity contribution in [1.82, 2.24) is 0 Å². The van der Waals surface area contributed by atoms with Crippen molar-refractivity contribution in [3.8, 4) is 0 Å². The van der Waals surface area contributed by atoms with Crippen LogP contribution in [0.1, 0.15) is 12.5 Å². The Labute approximate surface area is 85.5 Å². The van der Waals surface area contributed by atoms with Crippen molar-refractivity contribution in [2.45, 2.75) is 6.92 Å². The van der Waals surface area contributed by atoms with Crippen molar-refractivity contribution >= 4 is 11.3 Å². The van der Waals surface area contributed by atoms with Crippen molar-refractivity contribution < 1.29 is 0 Å². The zero-order valence-corrected chi connectivity index (χ0v) is 8.51. The lowest BCUT2D eigenvalue weighted by atomic mass is 10.1. The van der Waals surface area contributed by atoms with Crippen LogP contribution in [0.2, 0.25) is 0 Å². The third kappa shape index (κ3) is 2.63. The molecule has 14 heavy (non-hydrogen) atoms. The molecule has 0 saturated carbocycles. The molecule has 1 rings (SSSR count). The molecule has 72 valence electrons. The Bertz CT molecular complexity index is 357. The molecule has 1 aromatic rings. The molecule has 1 N–H and O–H groups in total. The number of anilines is 1. The molecule has 0 unspecified atom stereocenters. The van der Waals surface area contributed by atoms with Crippen molar-refractivity contribution in [3.63, 3.8) is 0 Å². The number of hydrogen-bond acceptors (Lipinski definition) is 1. The number of nitrogens with one attached hydrogen (secondary N) is 1. The highest BCUT2D eigenvalue weighted by molar-refractivity contribution is 5.64. The third-order valence-electron chi connectivity index (χ3n) is 1.93. The van der Waals surface area contributed by atoms with Gasteiger partial charge in [-0.15, -0.1) is 0 Å². The molecule has 0 radical (unpaired) electrons. The lowest BCUT2D eigenvalue weighted by Gasteiger charge is -2.06. The second-order valence-electron chi connectivity index (χ2n) is 3.21. The summed E-state index contributed by atoms with van der Waals surface area (Å²) in [7, 11) is 0. The highest BCUT2D eigenvalue weighted by Crippen LogP contribution is 2.16. The van der Waals surface area contributed by atoms with Crippen LogP contribution < -0.4 is 5.32 Å². The largest absolute Gasteiger partial charge is 0.356 e. The maximum Gasteiger partial charge on any atom is 0.0384 e. The SMILES string of the molecule is C=CC(=C)Nc1ccc(C(=C)C)cc1. The molecule has 0 spiro atoms. The minimum absolute atomic E-state index is 0.799. The van der Waals surface area contributed by atoms with Gasteiger partial charge in [-0.3, -0.25) is 0 Å². The molecular formula is C13H15N. The summed E-state index contributed by atoms with van der Waals surface area (Å²) in [5.74, 6) is 0. The molecule has 0 aliphatic rings. The summed E-state index contributed by atoms with van der Waals surface area (Å²) in [5.41, 5.74) is 4.03. The van der Waals surface area contributed by atoms with Crippen molar-refractivity contribution in [2.24, 2.45) is 0 Å². The fourth-order valence-electron chi connectivity index (χ4n) is 1.07. The Hall–Kier alpha value is -1.76. The second kappa shape index (κ2) is 4.47. The summed E-state index contributed by atoms with van der Waals surface area (Å²) in [6.07, 6.45) is 1.69. The first kappa shape index (κ1) is 10.3. The Morgan fingerprint density at radius 3 is 2.21 bits per heavy atom. The van der Waals surface area contributed by atoms with Gasteiger partial charge in [-0.1, -0.05) is 37.4 Å². The molecule has 1 heteroatoms. The predicted octanol–water partition coefficient (Wildman–Crippen LogP) is 3.83. The summed E-state index contributed by atoms with van der Waals surface area (Å²) < 4.78 is 0. The lowest BCUT2D eigenvalue weighted by molar-refractivity contribution is 1.48. The quantitative estimate of drug-likeness (QED) is 0.703. The van der Waals surface area contributed by atoms with E-state index < -0.39 is 0 Å². The zero-order chi connectivity index (χ0) is 10.6. The Morgan fingerprint density at radius 2 is 1.79 bits per heavy atom. The first-order valence-corrected chi connectivity index (χ1v) is 4.48. The van der Waals surface area contributed by atoms with E-state index in [4.69, 9.17) is 0 Å². The molecule has 0 aliphatic heterocycles. The highest BCUT2D eigenvalue weighted by Gasteiger charge is 1.94. The molecule has 0 atom stereocenters. The Kier molecular flexibility index (Phi) is 3.29. The van der Waals surface area contributed by atoms with Crippen molar-refractivity contribution in [2.75, 3.05) is 5.32 Å². The summed E-state index contributed by atoms with van der Waals surface area (Å²) in [6, 6.07) is 8.06. The summed E-state index contributed by atoms with van der Waals surface area (Å²) in [4.78, 5) is 0. The van der Waals surface area contributed by atoms with Gasteiger partial charge in [-0.2, -0.15) is 0 Å². The monoisotopic (exact) mass is 185 g/mol. The first-order chi connectivity index (χ1) is 6.63. The van der Waals surface area contributed by atoms with Gasteiger partial charge >= 0.3 is 0 Å². The minimum Gasteiger partial charge on any atom is -0.356 e. The normalized spacial score (nSPS) is 9.21. The van der Waals surface area contributed by atoms with E-state index in [9.17, 15) is 0 Å². The van der Waals surface area contributed by atoms with Crippen LogP contribution in [0.3, 0.4) is 0 Å². The van der Waals surface area contributed by atoms with E-state index in [-0.39, 0.29) is 0 Å². The van der Waals surface area contributed by atoms with Crippen LogP contribution in [0.25, 0.3) is 5.57 Å². The van der Waals surface area contributed by atoms with E-state index in [0.29, 0.717) is 0 Å². The molecule has 0 saturated heterocycles. The molecule has 0 aliphatic carbocycles. The van der Waals surface area contributed by atoms with E-state index in [0.717, 1.165) is 22.5 Å². The van der Waals surface area contributed by atoms with Crippen LogP contribution in [0.5, 0.6) is 0 Å². The van der Waals surface area contributed by atoms with E-state index in [1.54, 1.807) is 6.08 Å². The zero-order valence-electron chi connectivity index (χ0n) is 8.51. The van der Waals surface area contributed by atoms with E-state index >= 15 is 0 Å². The Morgan fingerprint density at radius 1 is 1.21 bits per heavy atom. The van der Waals surface area contributed by atoms with Crippen LogP contribution in [-0.2, 0) is 0 Å². The van der Waals surface area contributed by atoms with Gasteiger partial charge in [0, 0.05) is 11.4 Å². The molecule has 1 aromatic carbocycles. The smallest absolute Gasteiger partial charge is 0.0384 e. The molecule has 0 bridgehead atoms. The van der Waals surface area contributed by atoms with E-state index in [2.05, 4.69) is 25.1 Å². The molecule has 0 amide bonds. The van der Waals surface area contributed by atoms with Gasteiger partial charge < -0.3 is 5.32 Å². The average molecular weight is 185 g/mol. The lowest BCUT2D eigenvalue weighted by Crippen LogP contribution is -1.94. The number of benzene rings is 1. The average Bonchev–Trinajstić information content (AvgIpc) is 2.18. The van der Waals surface area contributed by atoms with Crippen LogP contribution in [0.4, 0.5) is 5.69 Å². The molecule has 0 heterocycles. The number of rotatable bonds is 4. The fourth-order valence-corrected chi connectivity index (χ4v) is 1.07. The second-order valence-corrected chi connectivity index (χ2v) is 3.21. The van der Waals surface area contributed by atoms with Gasteiger partial charge in [-0.25, -0.2) is 0 Å². The van der Waals surface area contributed by atoms with Crippen LogP contribution in [-0.4, -0.2) is 0 Å². The van der Waals surface area contributed by atoms with Crippen LogP contribution in [0.15, 0.2) is 55.8 Å². The van der Waals surface area contributed by atoms with Gasteiger partial charge in [0.2, 0.25) is 0 Å². The van der Waals surface area contributed by atoms with Crippen LogP contribution >= 0.6 is 0 Å². The van der Waals surface area contributed by atoms with Gasteiger partial charge in [0.1, 0.15) is 0 Å². The number of allylic oxidation sites excluding steroid dienone is 2. The summed E-state index contributed by atoms with van der Waals surface area (Å²) >= 11 is 0. The van der Waals surface area contributed by atoms with E-state index in [1.165, 1.54) is 0 Å². The van der Waals surface area contributed by atoms with Gasteiger partial charge in [0.05, 0.1) is 0 Å². The Balaban J connectivity index is 2.78. The number of hydrogen-bond donors (Lipinski definition) is 1. The van der Waals surface area contributed by atoms with Crippen molar-refractivity contribution in [3.05, 3.63) is 61.3 Å². The van der Waals surface area contributed by atoms with Crippen molar-refractivity contribution in [1.29, 1.82) is 0 Å². The van der Waals surface area contributed by atoms with Crippen LogP contribution in [0, 0.1) is 0 Å². The molecular weight excluding hydrogens is 170 g/mol. The first-order valence-electron chi connectivity index (χ1n) is 4.48. The third-order valence-corrected chi connectivity index (χ3v) is 1.93. The molecule has 1 nitrogen and oxygen atoms in total. The minimum atomic E-state index is 0.799. The summed E-state index contributed by atoms with van der Waals surface area (Å²) in [5, 5.41) is 3.12. The highest BCUT2D eigenvalue weighted by atomic mass is 14.9. The topological polar surface area (TPSA) is 12.0 Å². The fraction of sp³-hybridized carbons (Fsp3) is 0.0769. The van der Waals surface area contributed by atoms with Gasteiger partial charge in [-0.05, 0) is 30.7 Å². The standard InChI is InChI=1S/C13H15N/c1-5-11(4)14-13-8-6-12(7-9-13)10(2)3/h5-9,14H,1-2,4H2,3H3. The van der Waals surface area contributed by atoms with Gasteiger partial charge in [0.15, 0.2) is 0 Å². The maximum absolute atomic E-state index is 3.88. The predicted molar refractivity (Wildman–Crippen MR) is 64.1 cm³/mol.